The van der Waals surface area contributed by atoms with Crippen molar-refractivity contribution >= 4 is 17.4 Å². The molecule has 3 rings (SSSR count). The summed E-state index contributed by atoms with van der Waals surface area (Å²) in [5.41, 5.74) is 2.52. The van der Waals surface area contributed by atoms with E-state index in [1.54, 1.807) is 23.1 Å². The van der Waals surface area contributed by atoms with Crippen molar-refractivity contribution in [1.82, 2.24) is 9.80 Å². The normalized spacial score (nSPS) is 17.8. The van der Waals surface area contributed by atoms with Gasteiger partial charge >= 0.3 is 0 Å². The van der Waals surface area contributed by atoms with Crippen molar-refractivity contribution in [3.63, 3.8) is 0 Å². The summed E-state index contributed by atoms with van der Waals surface area (Å²) in [5.74, 6) is -0.794. The average molecular weight is 493 g/mol. The molecule has 1 aliphatic rings. The zero-order chi connectivity index (χ0) is 26.5. The van der Waals surface area contributed by atoms with Gasteiger partial charge in [0, 0.05) is 18.7 Å². The minimum Gasteiger partial charge on any atom is -0.507 e. The number of rotatable bonds is 10. The lowest BCUT2D eigenvalue weighted by Gasteiger charge is -2.28. The van der Waals surface area contributed by atoms with Crippen LogP contribution in [0.5, 0.6) is 5.75 Å². The van der Waals surface area contributed by atoms with Crippen LogP contribution < -0.4 is 4.74 Å². The van der Waals surface area contributed by atoms with Gasteiger partial charge < -0.3 is 19.6 Å². The molecule has 0 bridgehead atoms. The van der Waals surface area contributed by atoms with E-state index in [0.29, 0.717) is 31.0 Å². The molecule has 0 radical (unpaired) electrons. The molecule has 1 fully saturated rings. The molecule has 0 spiro atoms. The predicted octanol–water partition coefficient (Wildman–Crippen LogP) is 5.54. The van der Waals surface area contributed by atoms with Gasteiger partial charge in [-0.3, -0.25) is 9.59 Å². The smallest absolute Gasteiger partial charge is 0.295 e. The van der Waals surface area contributed by atoms with Gasteiger partial charge in [-0.1, -0.05) is 77.9 Å². The number of nitrogens with zero attached hydrogens (tertiary/aromatic N) is 2. The molecule has 1 aliphatic heterocycles. The fraction of sp³-hybridized carbons (Fsp3) is 0.467. The molecule has 0 aliphatic carbocycles. The number of amides is 1. The highest BCUT2D eigenvalue weighted by Gasteiger charge is 2.46. The summed E-state index contributed by atoms with van der Waals surface area (Å²) in [6.07, 6.45) is 0.860. The highest BCUT2D eigenvalue weighted by Crippen LogP contribution is 2.40. The number of aliphatic hydroxyl groups is 1. The van der Waals surface area contributed by atoms with E-state index in [9.17, 15) is 14.7 Å². The van der Waals surface area contributed by atoms with E-state index in [0.717, 1.165) is 30.6 Å². The van der Waals surface area contributed by atoms with Gasteiger partial charge in [0.25, 0.3) is 11.7 Å². The number of hydrogen-bond acceptors (Lipinski definition) is 5. The Hall–Kier alpha value is -3.12. The van der Waals surface area contributed by atoms with Crippen LogP contribution in [0.25, 0.3) is 5.76 Å². The van der Waals surface area contributed by atoms with Crippen LogP contribution in [0, 0.1) is 0 Å². The number of ketones is 1. The second kappa shape index (κ2) is 11.7. The molecule has 1 heterocycles. The number of likely N-dealkylation sites (tertiary alicyclic amines) is 1. The van der Waals surface area contributed by atoms with Crippen LogP contribution in [-0.2, 0) is 15.0 Å². The number of carbonyl (C=O) groups excluding carboxylic acids is 2. The Labute approximate surface area is 215 Å². The molecule has 2 aromatic rings. The zero-order valence-electron chi connectivity index (χ0n) is 22.5. The minimum atomic E-state index is -0.658. The largest absolute Gasteiger partial charge is 0.507 e. The van der Waals surface area contributed by atoms with Crippen LogP contribution in [0.4, 0.5) is 0 Å². The zero-order valence-corrected chi connectivity index (χ0v) is 22.5. The van der Waals surface area contributed by atoms with Crippen LogP contribution in [0.1, 0.15) is 70.7 Å². The summed E-state index contributed by atoms with van der Waals surface area (Å²) in [7, 11) is 0. The van der Waals surface area contributed by atoms with Gasteiger partial charge in [-0.15, -0.1) is 0 Å². The van der Waals surface area contributed by atoms with Crippen LogP contribution in [0.2, 0.25) is 0 Å². The van der Waals surface area contributed by atoms with Crippen molar-refractivity contribution in [3.8, 4) is 5.75 Å². The summed E-state index contributed by atoms with van der Waals surface area (Å²) in [5, 5.41) is 11.4. The van der Waals surface area contributed by atoms with Gasteiger partial charge in [0.1, 0.15) is 11.5 Å². The topological polar surface area (TPSA) is 70.1 Å². The van der Waals surface area contributed by atoms with Crippen molar-refractivity contribution in [1.29, 1.82) is 0 Å². The van der Waals surface area contributed by atoms with Gasteiger partial charge in [-0.2, -0.15) is 0 Å². The number of hydrogen-bond donors (Lipinski definition) is 1. The summed E-state index contributed by atoms with van der Waals surface area (Å²) < 4.78 is 5.72. The number of ether oxygens (including phenoxy) is 1. The van der Waals surface area contributed by atoms with Gasteiger partial charge in [-0.25, -0.2) is 0 Å². The molecule has 1 unspecified atom stereocenters. The first-order chi connectivity index (χ1) is 17.1. The molecule has 194 valence electrons. The maximum atomic E-state index is 13.3. The number of carbonyl (C=O) groups is 2. The lowest BCUT2D eigenvalue weighted by atomic mass is 9.85. The number of benzene rings is 2. The first kappa shape index (κ1) is 27.5. The summed E-state index contributed by atoms with van der Waals surface area (Å²) >= 11 is 0. The minimum absolute atomic E-state index is 0.0258. The fourth-order valence-electron chi connectivity index (χ4n) is 4.52. The molecular weight excluding hydrogens is 452 g/mol. The first-order valence-electron chi connectivity index (χ1n) is 13.0. The Morgan fingerprint density at radius 2 is 1.69 bits per heavy atom. The maximum Gasteiger partial charge on any atom is 0.295 e. The molecule has 6 heteroatoms. The monoisotopic (exact) mass is 492 g/mol. The molecule has 0 saturated carbocycles. The predicted molar refractivity (Wildman–Crippen MR) is 144 cm³/mol. The molecule has 0 aromatic heterocycles. The van der Waals surface area contributed by atoms with Crippen molar-refractivity contribution < 1.29 is 19.4 Å². The Morgan fingerprint density at radius 3 is 2.28 bits per heavy atom. The van der Waals surface area contributed by atoms with Crippen molar-refractivity contribution in [3.05, 3.63) is 70.8 Å². The van der Waals surface area contributed by atoms with E-state index < -0.39 is 17.7 Å². The van der Waals surface area contributed by atoms with E-state index in [-0.39, 0.29) is 16.7 Å². The maximum absolute atomic E-state index is 13.3. The summed E-state index contributed by atoms with van der Waals surface area (Å²) in [6.45, 7) is 15.9. The van der Waals surface area contributed by atoms with E-state index >= 15 is 0 Å². The first-order valence-corrected chi connectivity index (χ1v) is 13.0. The standard InChI is InChI=1S/C30H40N2O4/c1-7-19-36-24-12-10-11-22(20-24)27(33)25-26(21-13-15-23(16-14-21)30(4,5)6)32(29(35)28(25)34)18-17-31(8-2)9-3/h10-16,20,26,33H,7-9,17-19H2,1-6H3/b27-25+. The lowest BCUT2D eigenvalue weighted by Crippen LogP contribution is -2.38. The molecule has 36 heavy (non-hydrogen) atoms. The quantitative estimate of drug-likeness (QED) is 0.268. The molecule has 2 aromatic carbocycles. The van der Waals surface area contributed by atoms with Gasteiger partial charge in [-0.05, 0) is 48.2 Å². The number of likely N-dealkylation sites (N-methyl/N-ethyl adjacent to an activating group) is 1. The SMILES string of the molecule is CCCOc1cccc(/C(O)=C2\C(=O)C(=O)N(CCN(CC)CC)C2c2ccc(C(C)(C)C)cc2)c1. The Balaban J connectivity index is 2.09. The van der Waals surface area contributed by atoms with Crippen LogP contribution in [0.3, 0.4) is 0 Å². The Morgan fingerprint density at radius 1 is 1.03 bits per heavy atom. The van der Waals surface area contributed by atoms with Crippen molar-refractivity contribution in [2.45, 2.75) is 59.4 Å². The van der Waals surface area contributed by atoms with Crippen LogP contribution in [0.15, 0.2) is 54.1 Å². The highest BCUT2D eigenvalue weighted by molar-refractivity contribution is 6.46. The third kappa shape index (κ3) is 5.98. The molecule has 1 N–H and O–H groups in total. The Kier molecular flexibility index (Phi) is 8.96. The van der Waals surface area contributed by atoms with Gasteiger partial charge in [0.2, 0.25) is 0 Å². The van der Waals surface area contributed by atoms with Crippen molar-refractivity contribution in [2.75, 3.05) is 32.8 Å². The number of aliphatic hydroxyl groups excluding tert-OH is 1. The van der Waals surface area contributed by atoms with E-state index in [2.05, 4.69) is 39.5 Å². The third-order valence-corrected chi connectivity index (χ3v) is 6.76. The average Bonchev–Trinajstić information content (AvgIpc) is 3.12. The third-order valence-electron chi connectivity index (χ3n) is 6.76. The van der Waals surface area contributed by atoms with Gasteiger partial charge in [0.05, 0.1) is 18.2 Å². The molecule has 1 saturated heterocycles. The summed E-state index contributed by atoms with van der Waals surface area (Å²) in [4.78, 5) is 30.4. The van der Waals surface area contributed by atoms with E-state index in [1.807, 2.05) is 37.3 Å². The molecule has 1 amide bonds. The molecule has 6 nitrogen and oxygen atoms in total. The fourth-order valence-corrected chi connectivity index (χ4v) is 4.52. The lowest BCUT2D eigenvalue weighted by molar-refractivity contribution is -0.140. The van der Waals surface area contributed by atoms with Gasteiger partial charge in [0.15, 0.2) is 0 Å². The summed E-state index contributed by atoms with van der Waals surface area (Å²) in [6, 6.07) is 14.4. The van der Waals surface area contributed by atoms with Crippen LogP contribution in [-0.4, -0.2) is 59.4 Å². The molecular formula is C30H40N2O4. The van der Waals surface area contributed by atoms with Crippen molar-refractivity contribution in [2.24, 2.45) is 0 Å². The highest BCUT2D eigenvalue weighted by atomic mass is 16.5. The Bertz CT molecular complexity index is 1090. The van der Waals surface area contributed by atoms with Crippen LogP contribution >= 0.6 is 0 Å². The number of Topliss-reactive ketones (excluding diaryl/α,β-unsaturated/α-hetero) is 1. The molecule has 1 atom stereocenters. The second-order valence-corrected chi connectivity index (χ2v) is 10.3. The van der Waals surface area contributed by atoms with E-state index in [1.165, 1.54) is 0 Å². The second-order valence-electron chi connectivity index (χ2n) is 10.3. The van der Waals surface area contributed by atoms with E-state index in [4.69, 9.17) is 4.74 Å².